The molecule has 0 aliphatic rings. The number of halogens is 1. The number of rotatable bonds is 2. The molecule has 53 valence electrons. The van der Waals surface area contributed by atoms with Crippen LogP contribution in [0.15, 0.2) is 12.3 Å². The van der Waals surface area contributed by atoms with Gasteiger partial charge in [0.1, 0.15) is 6.20 Å². The zero-order valence-electron chi connectivity index (χ0n) is 5.60. The number of pyridine rings is 1. The third-order valence-corrected chi connectivity index (χ3v) is 1.26. The Morgan fingerprint density at radius 3 is 3.20 bits per heavy atom. The van der Waals surface area contributed by atoms with Crippen molar-refractivity contribution in [2.75, 3.05) is 6.61 Å². The van der Waals surface area contributed by atoms with Crippen molar-refractivity contribution >= 4 is 11.6 Å². The molecule has 0 saturated carbocycles. The summed E-state index contributed by atoms with van der Waals surface area (Å²) in [4.78, 5) is 3.73. The molecule has 2 nitrogen and oxygen atoms in total. The van der Waals surface area contributed by atoms with E-state index in [4.69, 9.17) is 16.3 Å². The van der Waals surface area contributed by atoms with Crippen LogP contribution < -0.4 is 4.74 Å². The highest BCUT2D eigenvalue weighted by atomic mass is 35.5. The van der Waals surface area contributed by atoms with E-state index in [1.54, 1.807) is 12.3 Å². The van der Waals surface area contributed by atoms with Gasteiger partial charge >= 0.3 is 0 Å². The van der Waals surface area contributed by atoms with Gasteiger partial charge in [0.25, 0.3) is 0 Å². The SMILES string of the molecule is CCOc1[c]nccc1Cl. The number of hydrogen-bond donors (Lipinski definition) is 0. The molecule has 3 heteroatoms. The number of aromatic nitrogens is 1. The fourth-order valence-corrected chi connectivity index (χ4v) is 0.726. The average Bonchev–Trinajstić information content (AvgIpc) is 1.94. The Morgan fingerprint density at radius 1 is 1.80 bits per heavy atom. The van der Waals surface area contributed by atoms with Gasteiger partial charge in [0.2, 0.25) is 0 Å². The highest BCUT2D eigenvalue weighted by molar-refractivity contribution is 6.31. The van der Waals surface area contributed by atoms with Crippen LogP contribution in [-0.4, -0.2) is 11.6 Å². The van der Waals surface area contributed by atoms with E-state index in [2.05, 4.69) is 11.2 Å². The van der Waals surface area contributed by atoms with Crippen LogP contribution in [0.1, 0.15) is 6.92 Å². The summed E-state index contributed by atoms with van der Waals surface area (Å²) >= 11 is 5.71. The molecule has 0 bridgehead atoms. The second kappa shape index (κ2) is 3.42. The van der Waals surface area contributed by atoms with Gasteiger partial charge in [0, 0.05) is 6.20 Å². The fraction of sp³-hybridized carbons (Fsp3) is 0.286. The third kappa shape index (κ3) is 1.61. The van der Waals surface area contributed by atoms with Gasteiger partial charge in [-0.25, -0.2) is 0 Å². The molecule has 1 radical (unpaired) electrons. The Balaban J connectivity index is 2.81. The standard InChI is InChI=1S/C7H7ClNO/c1-2-10-7-5-9-4-3-6(7)8/h3-4H,2H2,1H3. The lowest BCUT2D eigenvalue weighted by Crippen LogP contribution is -1.92. The molecule has 0 N–H and O–H groups in total. The lowest BCUT2D eigenvalue weighted by Gasteiger charge is -2.01. The molecular weight excluding hydrogens is 150 g/mol. The highest BCUT2D eigenvalue weighted by Gasteiger charge is 1.97. The number of hydrogen-bond acceptors (Lipinski definition) is 2. The Kier molecular flexibility index (Phi) is 2.51. The lowest BCUT2D eigenvalue weighted by molar-refractivity contribution is 0.338. The third-order valence-electron chi connectivity index (χ3n) is 0.967. The van der Waals surface area contributed by atoms with Crippen molar-refractivity contribution in [1.82, 2.24) is 4.98 Å². The van der Waals surface area contributed by atoms with Crippen molar-refractivity contribution in [3.8, 4) is 5.75 Å². The first kappa shape index (κ1) is 7.35. The minimum Gasteiger partial charge on any atom is -0.490 e. The monoisotopic (exact) mass is 156 g/mol. The van der Waals surface area contributed by atoms with Crippen LogP contribution in [0.25, 0.3) is 0 Å². The van der Waals surface area contributed by atoms with E-state index in [1.807, 2.05) is 6.92 Å². The van der Waals surface area contributed by atoms with Crippen molar-refractivity contribution in [3.63, 3.8) is 0 Å². The molecule has 0 saturated heterocycles. The average molecular weight is 157 g/mol. The zero-order valence-corrected chi connectivity index (χ0v) is 6.35. The van der Waals surface area contributed by atoms with Gasteiger partial charge in [-0.2, -0.15) is 0 Å². The molecule has 0 atom stereocenters. The first-order valence-electron chi connectivity index (χ1n) is 2.99. The van der Waals surface area contributed by atoms with E-state index < -0.39 is 0 Å². The van der Waals surface area contributed by atoms with Gasteiger partial charge in [0.15, 0.2) is 5.75 Å². The predicted octanol–water partition coefficient (Wildman–Crippen LogP) is 1.93. The Labute approximate surface area is 64.8 Å². The van der Waals surface area contributed by atoms with Crippen molar-refractivity contribution in [2.45, 2.75) is 6.92 Å². The van der Waals surface area contributed by atoms with E-state index in [0.717, 1.165) is 0 Å². The molecule has 1 heterocycles. The van der Waals surface area contributed by atoms with Crippen LogP contribution in [0.3, 0.4) is 0 Å². The van der Waals surface area contributed by atoms with Crippen LogP contribution >= 0.6 is 11.6 Å². The van der Waals surface area contributed by atoms with Crippen molar-refractivity contribution in [1.29, 1.82) is 0 Å². The molecule has 0 amide bonds. The topological polar surface area (TPSA) is 22.1 Å². The molecule has 0 fully saturated rings. The number of ether oxygens (including phenoxy) is 1. The van der Waals surface area contributed by atoms with E-state index in [0.29, 0.717) is 17.4 Å². The molecule has 0 spiro atoms. The molecule has 0 unspecified atom stereocenters. The molecule has 0 aromatic carbocycles. The zero-order chi connectivity index (χ0) is 7.40. The quantitative estimate of drug-likeness (QED) is 0.653. The maximum absolute atomic E-state index is 5.71. The molecule has 1 aromatic heterocycles. The van der Waals surface area contributed by atoms with Gasteiger partial charge in [-0.1, -0.05) is 11.6 Å². The summed E-state index contributed by atoms with van der Waals surface area (Å²) in [5.41, 5.74) is 0. The number of nitrogens with zero attached hydrogens (tertiary/aromatic N) is 1. The minimum atomic E-state index is 0.520. The summed E-state index contributed by atoms with van der Waals surface area (Å²) in [7, 11) is 0. The molecule has 0 aliphatic heterocycles. The van der Waals surface area contributed by atoms with Crippen molar-refractivity contribution in [3.05, 3.63) is 23.5 Å². The van der Waals surface area contributed by atoms with Crippen molar-refractivity contribution < 1.29 is 4.74 Å². The molecule has 1 rings (SSSR count). The lowest BCUT2D eigenvalue weighted by atomic mass is 10.5. The molecule has 0 aliphatic carbocycles. The van der Waals surface area contributed by atoms with Crippen LogP contribution in [-0.2, 0) is 0 Å². The molecule has 10 heavy (non-hydrogen) atoms. The Morgan fingerprint density at radius 2 is 2.60 bits per heavy atom. The Bertz CT molecular complexity index is 215. The summed E-state index contributed by atoms with van der Waals surface area (Å²) in [6.07, 6.45) is 4.21. The second-order valence-electron chi connectivity index (χ2n) is 1.67. The predicted molar refractivity (Wildman–Crippen MR) is 39.3 cm³/mol. The Hall–Kier alpha value is -0.760. The summed E-state index contributed by atoms with van der Waals surface area (Å²) in [6, 6.07) is 1.67. The maximum Gasteiger partial charge on any atom is 0.165 e. The second-order valence-corrected chi connectivity index (χ2v) is 2.07. The minimum absolute atomic E-state index is 0.520. The van der Waals surface area contributed by atoms with E-state index >= 15 is 0 Å². The maximum atomic E-state index is 5.71. The van der Waals surface area contributed by atoms with Crippen LogP contribution in [0.5, 0.6) is 5.75 Å². The van der Waals surface area contributed by atoms with Gasteiger partial charge in [-0.15, -0.1) is 0 Å². The van der Waals surface area contributed by atoms with E-state index in [-0.39, 0.29) is 0 Å². The summed E-state index contributed by atoms with van der Waals surface area (Å²) in [6.45, 7) is 2.47. The summed E-state index contributed by atoms with van der Waals surface area (Å²) in [5, 5.41) is 0.553. The van der Waals surface area contributed by atoms with Crippen LogP contribution in [0.2, 0.25) is 5.02 Å². The highest BCUT2D eigenvalue weighted by Crippen LogP contribution is 2.20. The smallest absolute Gasteiger partial charge is 0.165 e. The van der Waals surface area contributed by atoms with E-state index in [1.165, 1.54) is 0 Å². The van der Waals surface area contributed by atoms with Gasteiger partial charge in [-0.3, -0.25) is 4.98 Å². The van der Waals surface area contributed by atoms with Crippen LogP contribution in [0.4, 0.5) is 0 Å². The summed E-state index contributed by atoms with van der Waals surface area (Å²) < 4.78 is 5.09. The first-order valence-corrected chi connectivity index (χ1v) is 3.37. The van der Waals surface area contributed by atoms with Gasteiger partial charge in [0.05, 0.1) is 11.6 Å². The van der Waals surface area contributed by atoms with Gasteiger partial charge in [-0.05, 0) is 13.0 Å². The van der Waals surface area contributed by atoms with Crippen LogP contribution in [0, 0.1) is 6.20 Å². The van der Waals surface area contributed by atoms with Gasteiger partial charge < -0.3 is 4.74 Å². The van der Waals surface area contributed by atoms with E-state index in [9.17, 15) is 0 Å². The molecule has 1 aromatic rings. The summed E-state index contributed by atoms with van der Waals surface area (Å²) in [5.74, 6) is 0.520. The first-order chi connectivity index (χ1) is 4.84. The normalized spacial score (nSPS) is 9.40. The van der Waals surface area contributed by atoms with Crippen molar-refractivity contribution in [2.24, 2.45) is 0 Å². The molecular formula is C7H7ClNO. The largest absolute Gasteiger partial charge is 0.490 e. The fourth-order valence-electron chi connectivity index (χ4n) is 0.573.